The van der Waals surface area contributed by atoms with Crippen LogP contribution in [0.25, 0.3) is 11.1 Å². The molecule has 1 aromatic heterocycles. The molecular formula is C17H16FN3O. The number of nitrogens with two attached hydrogens (primary N) is 1. The fraction of sp³-hybridized carbons (Fsp3) is 0.118. The van der Waals surface area contributed by atoms with Crippen LogP contribution in [0, 0.1) is 5.82 Å². The highest BCUT2D eigenvalue weighted by molar-refractivity contribution is 5.66. The number of aliphatic hydroxyl groups excluding tert-OH is 1. The van der Waals surface area contributed by atoms with E-state index in [1.165, 1.54) is 6.07 Å². The smallest absolute Gasteiger partial charge is 0.133 e. The fourth-order valence-corrected chi connectivity index (χ4v) is 2.32. The predicted octanol–water partition coefficient (Wildman–Crippen LogP) is 2.81. The van der Waals surface area contributed by atoms with Crippen LogP contribution >= 0.6 is 0 Å². The third-order valence-electron chi connectivity index (χ3n) is 3.47. The lowest BCUT2D eigenvalue weighted by molar-refractivity contribution is 0.281. The molecule has 0 aliphatic rings. The van der Waals surface area contributed by atoms with Gasteiger partial charge in [-0.05, 0) is 29.3 Å². The van der Waals surface area contributed by atoms with E-state index in [0.717, 1.165) is 16.7 Å². The highest BCUT2D eigenvalue weighted by Crippen LogP contribution is 2.24. The van der Waals surface area contributed by atoms with Gasteiger partial charge in [0.05, 0.1) is 19.3 Å². The van der Waals surface area contributed by atoms with E-state index in [0.29, 0.717) is 17.8 Å². The van der Waals surface area contributed by atoms with Gasteiger partial charge in [0.2, 0.25) is 0 Å². The van der Waals surface area contributed by atoms with Gasteiger partial charge in [-0.2, -0.15) is 5.10 Å². The molecule has 1 heterocycles. The summed E-state index contributed by atoms with van der Waals surface area (Å²) < 4.78 is 15.7. The van der Waals surface area contributed by atoms with Crippen LogP contribution in [0.3, 0.4) is 0 Å². The van der Waals surface area contributed by atoms with Crippen LogP contribution in [0.2, 0.25) is 0 Å². The maximum absolute atomic E-state index is 13.9. The zero-order valence-electron chi connectivity index (χ0n) is 11.9. The molecule has 5 heteroatoms. The fourth-order valence-electron chi connectivity index (χ4n) is 2.32. The first-order chi connectivity index (χ1) is 10.7. The van der Waals surface area contributed by atoms with Crippen molar-refractivity contribution in [3.63, 3.8) is 0 Å². The molecule has 0 aliphatic heterocycles. The Morgan fingerprint density at radius 2 is 1.86 bits per heavy atom. The number of hydrogen-bond donors (Lipinski definition) is 2. The van der Waals surface area contributed by atoms with Gasteiger partial charge in [-0.25, -0.2) is 4.39 Å². The van der Waals surface area contributed by atoms with Crippen LogP contribution in [0.1, 0.15) is 11.1 Å². The Bertz CT molecular complexity index is 781. The van der Waals surface area contributed by atoms with Gasteiger partial charge in [0.1, 0.15) is 5.82 Å². The van der Waals surface area contributed by atoms with E-state index in [9.17, 15) is 4.39 Å². The number of aromatic nitrogens is 2. The lowest BCUT2D eigenvalue weighted by atomic mass is 10.0. The summed E-state index contributed by atoms with van der Waals surface area (Å²) in [5.74, 6) is -0.326. The van der Waals surface area contributed by atoms with Crippen LogP contribution in [0.5, 0.6) is 0 Å². The van der Waals surface area contributed by atoms with Crippen LogP contribution < -0.4 is 5.73 Å². The topological polar surface area (TPSA) is 64.1 Å². The quantitative estimate of drug-likeness (QED) is 0.728. The Kier molecular flexibility index (Phi) is 3.89. The largest absolute Gasteiger partial charge is 0.399 e. The minimum absolute atomic E-state index is 0.0185. The Morgan fingerprint density at radius 3 is 2.50 bits per heavy atom. The highest BCUT2D eigenvalue weighted by atomic mass is 19.1. The number of halogens is 1. The molecule has 0 amide bonds. The Hall–Kier alpha value is -2.66. The van der Waals surface area contributed by atoms with Crippen molar-refractivity contribution >= 4 is 5.69 Å². The first-order valence-electron chi connectivity index (χ1n) is 6.92. The van der Waals surface area contributed by atoms with E-state index in [2.05, 4.69) is 5.10 Å². The van der Waals surface area contributed by atoms with Gasteiger partial charge in [0.15, 0.2) is 0 Å². The monoisotopic (exact) mass is 297 g/mol. The molecule has 112 valence electrons. The second-order valence-corrected chi connectivity index (χ2v) is 5.14. The highest BCUT2D eigenvalue weighted by Gasteiger charge is 2.06. The van der Waals surface area contributed by atoms with E-state index >= 15 is 0 Å². The second kappa shape index (κ2) is 5.99. The average Bonchev–Trinajstić information content (AvgIpc) is 2.96. The summed E-state index contributed by atoms with van der Waals surface area (Å²) in [5, 5.41) is 13.2. The van der Waals surface area contributed by atoms with E-state index in [1.807, 2.05) is 24.3 Å². The summed E-state index contributed by atoms with van der Waals surface area (Å²) in [5.41, 5.74) is 9.13. The van der Waals surface area contributed by atoms with Crippen LogP contribution in [-0.2, 0) is 13.2 Å². The Morgan fingerprint density at radius 1 is 1.09 bits per heavy atom. The first kappa shape index (κ1) is 14.3. The molecule has 0 fully saturated rings. The van der Waals surface area contributed by atoms with Gasteiger partial charge in [0.25, 0.3) is 0 Å². The minimum atomic E-state index is -0.326. The third kappa shape index (κ3) is 2.99. The SMILES string of the molecule is Nc1ccc(-c2ccc(Cn3cc(CO)cn3)cc2)c(F)c1. The third-order valence-corrected chi connectivity index (χ3v) is 3.47. The molecule has 22 heavy (non-hydrogen) atoms. The lowest BCUT2D eigenvalue weighted by Gasteiger charge is -2.07. The lowest BCUT2D eigenvalue weighted by Crippen LogP contribution is -1.99. The van der Waals surface area contributed by atoms with Gasteiger partial charge in [0, 0.05) is 23.0 Å². The van der Waals surface area contributed by atoms with Crippen LogP contribution in [0.4, 0.5) is 10.1 Å². The molecule has 0 atom stereocenters. The molecule has 0 saturated carbocycles. The number of rotatable bonds is 4. The molecule has 0 radical (unpaired) electrons. The summed E-state index contributed by atoms with van der Waals surface area (Å²) in [6.45, 7) is 0.583. The van der Waals surface area contributed by atoms with Crippen molar-refractivity contribution in [3.05, 3.63) is 71.8 Å². The normalized spacial score (nSPS) is 10.8. The summed E-state index contributed by atoms with van der Waals surface area (Å²) in [4.78, 5) is 0. The van der Waals surface area contributed by atoms with Crippen molar-refractivity contribution in [2.75, 3.05) is 5.73 Å². The zero-order valence-corrected chi connectivity index (χ0v) is 11.9. The molecule has 0 saturated heterocycles. The standard InChI is InChI=1S/C17H16FN3O/c18-17-7-15(19)5-6-16(17)14-3-1-12(2-4-14)9-21-10-13(11-22)8-20-21/h1-8,10,22H,9,11,19H2. The van der Waals surface area contributed by atoms with Crippen molar-refractivity contribution in [3.8, 4) is 11.1 Å². The van der Waals surface area contributed by atoms with Gasteiger partial charge in [-0.3, -0.25) is 4.68 Å². The minimum Gasteiger partial charge on any atom is -0.399 e. The van der Waals surface area contributed by atoms with Gasteiger partial charge < -0.3 is 10.8 Å². The number of nitrogens with zero attached hydrogens (tertiary/aromatic N) is 2. The van der Waals surface area contributed by atoms with Gasteiger partial charge >= 0.3 is 0 Å². The summed E-state index contributed by atoms with van der Waals surface area (Å²) in [6.07, 6.45) is 3.44. The number of hydrogen-bond acceptors (Lipinski definition) is 3. The molecule has 3 aromatic rings. The Balaban J connectivity index is 1.80. The molecule has 0 unspecified atom stereocenters. The van der Waals surface area contributed by atoms with Crippen molar-refractivity contribution < 1.29 is 9.50 Å². The maximum atomic E-state index is 13.9. The number of benzene rings is 2. The molecule has 3 N–H and O–H groups in total. The molecule has 0 spiro atoms. The van der Waals surface area contributed by atoms with E-state index in [-0.39, 0.29) is 12.4 Å². The van der Waals surface area contributed by atoms with Crippen molar-refractivity contribution in [2.24, 2.45) is 0 Å². The van der Waals surface area contributed by atoms with Gasteiger partial charge in [-0.15, -0.1) is 0 Å². The second-order valence-electron chi connectivity index (χ2n) is 5.14. The zero-order chi connectivity index (χ0) is 15.5. The maximum Gasteiger partial charge on any atom is 0.133 e. The average molecular weight is 297 g/mol. The van der Waals surface area contributed by atoms with Gasteiger partial charge in [-0.1, -0.05) is 24.3 Å². The van der Waals surface area contributed by atoms with Crippen LogP contribution in [0.15, 0.2) is 54.9 Å². The van der Waals surface area contributed by atoms with Crippen molar-refractivity contribution in [1.82, 2.24) is 9.78 Å². The molecule has 2 aromatic carbocycles. The summed E-state index contributed by atoms with van der Waals surface area (Å²) in [6, 6.07) is 12.3. The summed E-state index contributed by atoms with van der Waals surface area (Å²) in [7, 11) is 0. The summed E-state index contributed by atoms with van der Waals surface area (Å²) >= 11 is 0. The molecule has 0 aliphatic carbocycles. The van der Waals surface area contributed by atoms with E-state index in [4.69, 9.17) is 10.8 Å². The predicted molar refractivity (Wildman–Crippen MR) is 83.5 cm³/mol. The first-order valence-corrected chi connectivity index (χ1v) is 6.92. The van der Waals surface area contributed by atoms with E-state index < -0.39 is 0 Å². The molecule has 4 nitrogen and oxygen atoms in total. The van der Waals surface area contributed by atoms with Crippen LogP contribution in [-0.4, -0.2) is 14.9 Å². The number of anilines is 1. The van der Waals surface area contributed by atoms with E-state index in [1.54, 1.807) is 29.2 Å². The molecule has 0 bridgehead atoms. The number of nitrogen functional groups attached to an aromatic ring is 1. The number of aliphatic hydroxyl groups is 1. The molecule has 3 rings (SSSR count). The Labute approximate surface area is 127 Å². The van der Waals surface area contributed by atoms with Crippen molar-refractivity contribution in [1.29, 1.82) is 0 Å². The molecular weight excluding hydrogens is 281 g/mol. The van der Waals surface area contributed by atoms with Crippen molar-refractivity contribution in [2.45, 2.75) is 13.2 Å².